The Balaban J connectivity index is 1.71. The van der Waals surface area contributed by atoms with E-state index in [0.29, 0.717) is 25.4 Å². The van der Waals surface area contributed by atoms with E-state index in [2.05, 4.69) is 4.98 Å². The molecule has 1 aliphatic heterocycles. The number of fused-ring (bicyclic) bond motifs is 1. The van der Waals surface area contributed by atoms with E-state index in [1.807, 2.05) is 24.3 Å². The van der Waals surface area contributed by atoms with E-state index in [1.165, 1.54) is 12.1 Å². The van der Waals surface area contributed by atoms with Gasteiger partial charge in [0.25, 0.3) is 0 Å². The van der Waals surface area contributed by atoms with Crippen LogP contribution in [0.4, 0.5) is 4.39 Å². The van der Waals surface area contributed by atoms with Crippen molar-refractivity contribution in [1.82, 2.24) is 9.88 Å². The second-order valence-corrected chi connectivity index (χ2v) is 4.92. The molecular formula is C16H15FN2O2. The Morgan fingerprint density at radius 2 is 2.14 bits per heavy atom. The van der Waals surface area contributed by atoms with Gasteiger partial charge in [-0.3, -0.25) is 9.78 Å². The zero-order chi connectivity index (χ0) is 14.7. The van der Waals surface area contributed by atoms with Crippen LogP contribution in [0.25, 0.3) is 0 Å². The molecule has 2 heterocycles. The van der Waals surface area contributed by atoms with Crippen LogP contribution in [0, 0.1) is 5.82 Å². The van der Waals surface area contributed by atoms with Crippen LogP contribution in [-0.4, -0.2) is 28.9 Å². The van der Waals surface area contributed by atoms with E-state index in [1.54, 1.807) is 4.90 Å². The van der Waals surface area contributed by atoms with E-state index in [-0.39, 0.29) is 12.3 Å². The number of rotatable bonds is 2. The van der Waals surface area contributed by atoms with Crippen molar-refractivity contribution in [2.24, 2.45) is 0 Å². The zero-order valence-electron chi connectivity index (χ0n) is 11.5. The summed E-state index contributed by atoms with van der Waals surface area (Å²) in [6.45, 7) is 1.53. The van der Waals surface area contributed by atoms with E-state index >= 15 is 0 Å². The Labute approximate surface area is 122 Å². The number of ether oxygens (including phenoxy) is 1. The monoisotopic (exact) mass is 286 g/mol. The predicted molar refractivity (Wildman–Crippen MR) is 75.3 cm³/mol. The lowest BCUT2D eigenvalue weighted by molar-refractivity contribution is -0.131. The standard InChI is InChI=1S/C16H15FN2O2/c17-13-5-6-14(18-10-13)9-16(20)19-7-8-21-15-4-2-1-3-12(15)11-19/h1-6,10H,7-9,11H2. The molecule has 0 saturated heterocycles. The average Bonchev–Trinajstić information content (AvgIpc) is 2.72. The predicted octanol–water partition coefficient (Wildman–Crippen LogP) is 2.18. The first-order chi connectivity index (χ1) is 10.2. The Bertz CT molecular complexity index is 643. The van der Waals surface area contributed by atoms with Gasteiger partial charge in [0.05, 0.1) is 19.2 Å². The number of hydrogen-bond donors (Lipinski definition) is 0. The van der Waals surface area contributed by atoms with Gasteiger partial charge in [-0.1, -0.05) is 18.2 Å². The van der Waals surface area contributed by atoms with Crippen molar-refractivity contribution < 1.29 is 13.9 Å². The normalized spacial score (nSPS) is 14.0. The maximum atomic E-state index is 12.8. The minimum absolute atomic E-state index is 0.0330. The fourth-order valence-corrected chi connectivity index (χ4v) is 2.32. The number of hydrogen-bond acceptors (Lipinski definition) is 3. The van der Waals surface area contributed by atoms with Gasteiger partial charge in [-0.05, 0) is 18.2 Å². The molecule has 1 aromatic carbocycles. The quantitative estimate of drug-likeness (QED) is 0.850. The summed E-state index contributed by atoms with van der Waals surface area (Å²) in [7, 11) is 0. The Kier molecular flexibility index (Phi) is 3.81. The lowest BCUT2D eigenvalue weighted by Crippen LogP contribution is -2.33. The summed E-state index contributed by atoms with van der Waals surface area (Å²) < 4.78 is 18.5. The number of amides is 1. The molecule has 3 rings (SSSR count). The number of para-hydroxylation sites is 1. The first-order valence-electron chi connectivity index (χ1n) is 6.81. The Morgan fingerprint density at radius 3 is 2.95 bits per heavy atom. The molecule has 0 atom stereocenters. The summed E-state index contributed by atoms with van der Waals surface area (Å²) in [5.74, 6) is 0.394. The highest BCUT2D eigenvalue weighted by Crippen LogP contribution is 2.22. The molecule has 21 heavy (non-hydrogen) atoms. The SMILES string of the molecule is O=C(Cc1ccc(F)cn1)N1CCOc2ccccc2C1. The maximum absolute atomic E-state index is 12.8. The second kappa shape index (κ2) is 5.91. The highest BCUT2D eigenvalue weighted by Gasteiger charge is 2.19. The first kappa shape index (κ1) is 13.5. The number of carbonyl (C=O) groups excluding carboxylic acids is 1. The fraction of sp³-hybridized carbons (Fsp3) is 0.250. The highest BCUT2D eigenvalue weighted by atomic mass is 19.1. The molecule has 0 fully saturated rings. The third kappa shape index (κ3) is 3.18. The van der Waals surface area contributed by atoms with E-state index in [4.69, 9.17) is 4.74 Å². The summed E-state index contributed by atoms with van der Waals surface area (Å²) in [5.41, 5.74) is 1.57. The Hall–Kier alpha value is -2.43. The van der Waals surface area contributed by atoms with Gasteiger partial charge >= 0.3 is 0 Å². The lowest BCUT2D eigenvalue weighted by atomic mass is 10.2. The Morgan fingerprint density at radius 1 is 1.29 bits per heavy atom. The second-order valence-electron chi connectivity index (χ2n) is 4.92. The number of halogens is 1. The third-order valence-electron chi connectivity index (χ3n) is 3.43. The summed E-state index contributed by atoms with van der Waals surface area (Å²) in [4.78, 5) is 18.0. The molecule has 0 N–H and O–H groups in total. The highest BCUT2D eigenvalue weighted by molar-refractivity contribution is 5.78. The van der Waals surface area contributed by atoms with Crippen molar-refractivity contribution in [2.45, 2.75) is 13.0 Å². The largest absolute Gasteiger partial charge is 0.491 e. The van der Waals surface area contributed by atoms with Gasteiger partial charge in [0.1, 0.15) is 18.2 Å². The van der Waals surface area contributed by atoms with Crippen LogP contribution in [0.3, 0.4) is 0 Å². The number of carbonyl (C=O) groups is 1. The van der Waals surface area contributed by atoms with Gasteiger partial charge in [-0.15, -0.1) is 0 Å². The molecule has 1 aliphatic rings. The van der Waals surface area contributed by atoms with Crippen LogP contribution in [0.15, 0.2) is 42.6 Å². The molecule has 5 heteroatoms. The number of benzene rings is 1. The zero-order valence-corrected chi connectivity index (χ0v) is 11.5. The lowest BCUT2D eigenvalue weighted by Gasteiger charge is -2.19. The minimum atomic E-state index is -0.400. The molecule has 0 bridgehead atoms. The van der Waals surface area contributed by atoms with Crippen LogP contribution < -0.4 is 4.74 Å². The van der Waals surface area contributed by atoms with Gasteiger partial charge in [0, 0.05) is 17.8 Å². The van der Waals surface area contributed by atoms with Crippen molar-refractivity contribution in [2.75, 3.05) is 13.2 Å². The van der Waals surface area contributed by atoms with E-state index in [9.17, 15) is 9.18 Å². The van der Waals surface area contributed by atoms with E-state index in [0.717, 1.165) is 17.5 Å². The first-order valence-corrected chi connectivity index (χ1v) is 6.81. The third-order valence-corrected chi connectivity index (χ3v) is 3.43. The molecule has 1 aromatic heterocycles. The van der Waals surface area contributed by atoms with Crippen molar-refractivity contribution >= 4 is 5.91 Å². The molecule has 1 amide bonds. The van der Waals surface area contributed by atoms with Crippen LogP contribution in [-0.2, 0) is 17.8 Å². The van der Waals surface area contributed by atoms with Crippen LogP contribution in [0.1, 0.15) is 11.3 Å². The summed E-state index contributed by atoms with van der Waals surface area (Å²) in [6.07, 6.45) is 1.30. The molecule has 108 valence electrons. The van der Waals surface area contributed by atoms with Gasteiger partial charge < -0.3 is 9.64 Å². The van der Waals surface area contributed by atoms with Gasteiger partial charge in [0.15, 0.2) is 0 Å². The fourth-order valence-electron chi connectivity index (χ4n) is 2.32. The summed E-state index contributed by atoms with van der Waals surface area (Å²) in [6, 6.07) is 10.6. The molecule has 0 saturated carbocycles. The topological polar surface area (TPSA) is 42.4 Å². The molecule has 0 aliphatic carbocycles. The molecule has 0 radical (unpaired) electrons. The molecule has 4 nitrogen and oxygen atoms in total. The average molecular weight is 286 g/mol. The number of aromatic nitrogens is 1. The van der Waals surface area contributed by atoms with Crippen molar-refractivity contribution in [3.8, 4) is 5.75 Å². The maximum Gasteiger partial charge on any atom is 0.229 e. The molecule has 0 unspecified atom stereocenters. The number of pyridine rings is 1. The summed E-state index contributed by atoms with van der Waals surface area (Å²) >= 11 is 0. The molecule has 0 spiro atoms. The van der Waals surface area contributed by atoms with Gasteiger partial charge in [-0.25, -0.2) is 4.39 Å². The van der Waals surface area contributed by atoms with Crippen LogP contribution in [0.5, 0.6) is 5.75 Å². The smallest absolute Gasteiger partial charge is 0.229 e. The van der Waals surface area contributed by atoms with Gasteiger partial charge in [-0.2, -0.15) is 0 Å². The van der Waals surface area contributed by atoms with Crippen molar-refractivity contribution in [1.29, 1.82) is 0 Å². The van der Waals surface area contributed by atoms with E-state index < -0.39 is 5.82 Å². The minimum Gasteiger partial charge on any atom is -0.491 e. The molecular weight excluding hydrogens is 271 g/mol. The molecule has 2 aromatic rings. The van der Waals surface area contributed by atoms with Crippen molar-refractivity contribution in [3.63, 3.8) is 0 Å². The van der Waals surface area contributed by atoms with Crippen LogP contribution >= 0.6 is 0 Å². The summed E-state index contributed by atoms with van der Waals surface area (Å²) in [5, 5.41) is 0. The number of nitrogens with zero attached hydrogens (tertiary/aromatic N) is 2. The van der Waals surface area contributed by atoms with Crippen molar-refractivity contribution in [3.05, 3.63) is 59.7 Å². The van der Waals surface area contributed by atoms with Gasteiger partial charge in [0.2, 0.25) is 5.91 Å². The van der Waals surface area contributed by atoms with Crippen LogP contribution in [0.2, 0.25) is 0 Å².